The molecule has 1 heterocycles. The number of phenols is 2. The SMILES string of the molecule is C.CCCCC(C)C(CCCCC(=O)N1C(=O)CCC1=O)C(C)CCCC.CCc1cc(S(=O)(=O)O)cc(Cc2cc(S(=O)(=O)O)cc(C)c2O)c1OCCN.CCc1cc(S(=O)(=O)O)cc(Cc2cc(S(=O)(=O)O)cc(C)c2O)c1OCCNC(=O)CCCCC(C(C)CCCNS)C(C)CCCNS.N=S.S. The maximum Gasteiger partial charge on any atom is 0.294 e. The number of amides is 4. The Bertz CT molecular complexity index is 3920. The number of aromatic hydroxyl groups is 2. The average Bonchev–Trinajstić information content (AvgIpc) is 1.30. The fourth-order valence-electron chi connectivity index (χ4n) is 13.6. The van der Waals surface area contributed by atoms with Gasteiger partial charge in [0.25, 0.3) is 40.5 Å². The fourth-order valence-corrected chi connectivity index (χ4v) is 16.3. The number of thiol groups is 2. The van der Waals surface area contributed by atoms with Gasteiger partial charge in [0.05, 0.1) is 26.1 Å². The van der Waals surface area contributed by atoms with Crippen molar-refractivity contribution in [2.45, 2.75) is 250 Å². The molecule has 26 nitrogen and oxygen atoms in total. The van der Waals surface area contributed by atoms with E-state index in [1.54, 1.807) is 13.8 Å². The van der Waals surface area contributed by atoms with Gasteiger partial charge in [0.2, 0.25) is 23.6 Å². The lowest BCUT2D eigenvalue weighted by atomic mass is 9.76. The van der Waals surface area contributed by atoms with Gasteiger partial charge in [-0.25, -0.2) is 9.68 Å². The molecule has 4 aromatic rings. The lowest BCUT2D eigenvalue weighted by molar-refractivity contribution is -0.149. The summed E-state index contributed by atoms with van der Waals surface area (Å²) in [6, 6.07) is 9.38. The molecule has 109 heavy (non-hydrogen) atoms. The van der Waals surface area contributed by atoms with E-state index in [1.165, 1.54) is 76.6 Å². The van der Waals surface area contributed by atoms with Crippen molar-refractivity contribution in [3.8, 4) is 23.0 Å². The van der Waals surface area contributed by atoms with Gasteiger partial charge in [-0.3, -0.25) is 46.8 Å². The summed E-state index contributed by atoms with van der Waals surface area (Å²) < 4.78 is 155. The molecule has 12 N–H and O–H groups in total. The number of hydrogen-bond acceptors (Lipinski definition) is 23. The first-order chi connectivity index (χ1) is 50.3. The van der Waals surface area contributed by atoms with Gasteiger partial charge in [0.1, 0.15) is 36.2 Å². The molecular formula is C75H124N6O20S8. The Morgan fingerprint density at radius 3 is 1.18 bits per heavy atom. The van der Waals surface area contributed by atoms with Crippen molar-refractivity contribution in [1.29, 1.82) is 4.78 Å². The molecule has 4 amide bonds. The smallest absolute Gasteiger partial charge is 0.294 e. The zero-order valence-electron chi connectivity index (χ0n) is 64.2. The van der Waals surface area contributed by atoms with Gasteiger partial charge in [-0.05, 0) is 184 Å². The Kier molecular flexibility index (Phi) is 49.9. The van der Waals surface area contributed by atoms with Crippen LogP contribution in [0.3, 0.4) is 0 Å². The van der Waals surface area contributed by atoms with Crippen LogP contribution >= 0.6 is 39.1 Å². The van der Waals surface area contributed by atoms with Crippen molar-refractivity contribution in [1.82, 2.24) is 19.7 Å². The number of likely N-dealkylation sites (tertiary alicyclic amines) is 1. The minimum Gasteiger partial charge on any atom is -0.507 e. The molecule has 0 aliphatic carbocycles. The van der Waals surface area contributed by atoms with E-state index in [4.69, 9.17) is 20.0 Å². The first-order valence-corrected chi connectivity index (χ1v) is 43.8. The van der Waals surface area contributed by atoms with Crippen LogP contribution in [0.25, 0.3) is 0 Å². The number of phenolic OH excluding ortho intramolecular Hbond substituents is 2. The minimum atomic E-state index is -4.61. The largest absolute Gasteiger partial charge is 0.507 e. The summed E-state index contributed by atoms with van der Waals surface area (Å²) in [5, 5.41) is 23.9. The number of nitrogens with two attached hydrogens (primary N) is 1. The number of nitrogens with zero attached hydrogens (tertiary/aromatic N) is 1. The second kappa shape index (κ2) is 52.4. The molecule has 5 rings (SSSR count). The van der Waals surface area contributed by atoms with Crippen LogP contribution < -0.4 is 30.0 Å². The van der Waals surface area contributed by atoms with Crippen LogP contribution in [-0.4, -0.2) is 130 Å². The number of imide groups is 3. The summed E-state index contributed by atoms with van der Waals surface area (Å²) in [6.07, 6.45) is 19.1. The second-order valence-corrected chi connectivity index (χ2v) is 33.9. The van der Waals surface area contributed by atoms with E-state index in [2.05, 4.69) is 94.4 Å². The Balaban J connectivity index is 0.00000169. The van der Waals surface area contributed by atoms with Crippen molar-refractivity contribution < 1.29 is 90.7 Å². The monoisotopic (exact) mass is 1680 g/mol. The molecule has 1 saturated heterocycles. The summed E-state index contributed by atoms with van der Waals surface area (Å²) in [5.41, 5.74) is 7.60. The summed E-state index contributed by atoms with van der Waals surface area (Å²) in [5.74, 6) is 2.95. The average molecular weight is 1690 g/mol. The summed E-state index contributed by atoms with van der Waals surface area (Å²) in [7, 11) is -18.2. The van der Waals surface area contributed by atoms with Crippen molar-refractivity contribution in [3.63, 3.8) is 0 Å². The Labute approximate surface area is 673 Å². The number of nitrogens with one attached hydrogen (secondary N) is 4. The van der Waals surface area contributed by atoms with E-state index in [0.717, 1.165) is 118 Å². The third-order valence-electron chi connectivity index (χ3n) is 19.4. The number of benzene rings is 4. The lowest BCUT2D eigenvalue weighted by Crippen LogP contribution is -2.35. The maximum atomic E-state index is 12.7. The number of hydrogen-bond donors (Lipinski definition) is 13. The topological polar surface area (TPSA) is 434 Å². The van der Waals surface area contributed by atoms with Crippen LogP contribution in [0.5, 0.6) is 23.0 Å². The predicted molar refractivity (Wildman–Crippen MR) is 441 cm³/mol. The van der Waals surface area contributed by atoms with Crippen LogP contribution in [0, 0.1) is 54.1 Å². The van der Waals surface area contributed by atoms with E-state index >= 15 is 0 Å². The summed E-state index contributed by atoms with van der Waals surface area (Å²) >= 11 is 11.5. The Morgan fingerprint density at radius 1 is 0.514 bits per heavy atom. The van der Waals surface area contributed by atoms with E-state index in [1.807, 2.05) is 0 Å². The van der Waals surface area contributed by atoms with Crippen LogP contribution in [0.15, 0.2) is 68.1 Å². The van der Waals surface area contributed by atoms with E-state index < -0.39 is 50.3 Å². The zero-order chi connectivity index (χ0) is 81.0. The lowest BCUT2D eigenvalue weighted by Gasteiger charge is -2.30. The van der Waals surface area contributed by atoms with Crippen molar-refractivity contribution in [2.75, 3.05) is 39.4 Å². The van der Waals surface area contributed by atoms with Gasteiger partial charge < -0.3 is 30.7 Å². The number of aryl methyl sites for hydroxylation is 4. The Morgan fingerprint density at radius 2 is 0.844 bits per heavy atom. The minimum absolute atomic E-state index is 0. The molecule has 4 unspecified atom stereocenters. The van der Waals surface area contributed by atoms with Gasteiger partial charge in [-0.15, -0.1) is 0 Å². The quantitative estimate of drug-likeness (QED) is 0.00846. The number of unbranched alkanes of at least 4 members (excludes halogenated alkanes) is 4. The molecule has 0 aromatic heterocycles. The summed E-state index contributed by atoms with van der Waals surface area (Å²) in [6.45, 7) is 22.7. The standard InChI is InChI=1S/C34H55N3O9S4.C22H39NO3.C18H23NO8S2.CH4.HNS.H2S/c1-5-26-20-30(50(43,44)45)22-28(19-27-21-29(49(40,41)42)18-25(4)33(27)39)34(26)46-17-16-35-32(38)13-7-6-12-31(23(2)10-8-14-36-47)24(3)11-9-15-37-48;1-5-7-11-17(3)19(18(4)12-8-6-2)13-9-10-14-20(24)23-21(25)15-16-22(23)26;1-3-12-8-16(29(24,25)26)10-14(18(12)27-5-4-19)7-13-9-15(28(21,22)23)6-11(2)17(13)20;;1-2;/h18,20-24,31,36-37,39,47-48H,5-17,19H2,1-4H3,(H,35,38)(H,40,41,42)(H,43,44,45);17-19H,5-16H2,1-4H3;6,8-10,20H,3-5,7,19H2,1-2H3,(H,21,22,23)(H,24,25,26);1H4;1H;1H2. The van der Waals surface area contributed by atoms with Gasteiger partial charge >= 0.3 is 0 Å². The first kappa shape index (κ1) is 104. The molecule has 1 aliphatic heterocycles. The molecule has 34 heteroatoms. The van der Waals surface area contributed by atoms with Crippen molar-refractivity contribution in [2.24, 2.45) is 41.2 Å². The van der Waals surface area contributed by atoms with Gasteiger partial charge in [-0.2, -0.15) is 47.2 Å². The highest BCUT2D eigenvalue weighted by atomic mass is 32.2. The molecule has 0 bridgehead atoms. The van der Waals surface area contributed by atoms with Crippen LogP contribution in [0.4, 0.5) is 0 Å². The van der Waals surface area contributed by atoms with Crippen molar-refractivity contribution >= 4 is 116 Å². The predicted octanol–water partition coefficient (Wildman–Crippen LogP) is 13.9. The molecule has 0 radical (unpaired) electrons. The van der Waals surface area contributed by atoms with E-state index in [0.29, 0.717) is 71.8 Å². The first-order valence-electron chi connectivity index (χ1n) is 36.7. The molecule has 0 saturated carbocycles. The van der Waals surface area contributed by atoms with Gasteiger partial charge in [-0.1, -0.05) is 140 Å². The van der Waals surface area contributed by atoms with Crippen LogP contribution in [-0.2, 0) is 97.8 Å². The third kappa shape index (κ3) is 35.9. The highest BCUT2D eigenvalue weighted by Gasteiger charge is 2.34. The fraction of sp³-hybridized carbons (Fsp3) is 0.627. The van der Waals surface area contributed by atoms with E-state index in [9.17, 15) is 81.3 Å². The highest BCUT2D eigenvalue weighted by molar-refractivity contribution is 7.86. The zero-order valence-corrected chi connectivity index (χ0v) is 71.0. The number of carbonyl (C=O) groups excluding carboxylic acids is 4. The third-order valence-corrected chi connectivity index (χ3v) is 23.2. The number of carbonyl (C=O) groups is 4. The molecule has 622 valence electrons. The molecule has 0 spiro atoms. The molecule has 4 atom stereocenters. The molecular weight excluding hydrogens is 1560 g/mol. The van der Waals surface area contributed by atoms with Crippen LogP contribution in [0.1, 0.15) is 236 Å². The highest BCUT2D eigenvalue weighted by Crippen LogP contribution is 2.39. The Hall–Kier alpha value is -5.05. The normalized spacial score (nSPS) is 14.0. The maximum absolute atomic E-state index is 12.7. The van der Waals surface area contributed by atoms with E-state index in [-0.39, 0.29) is 151 Å². The molecule has 1 aliphatic rings. The van der Waals surface area contributed by atoms with Crippen LogP contribution in [0.2, 0.25) is 0 Å². The second-order valence-electron chi connectivity index (χ2n) is 27.6. The number of rotatable bonds is 45. The molecule has 4 aromatic carbocycles. The number of ether oxygens (including phenoxy) is 2. The summed E-state index contributed by atoms with van der Waals surface area (Å²) in [4.78, 5) is 47.4. The molecule has 1 fully saturated rings. The van der Waals surface area contributed by atoms with Gasteiger partial charge in [0, 0.05) is 92.8 Å². The van der Waals surface area contributed by atoms with Crippen molar-refractivity contribution in [3.05, 3.63) is 93.0 Å². The van der Waals surface area contributed by atoms with Gasteiger partial charge in [0.15, 0.2) is 0 Å².